The third-order valence-electron chi connectivity index (χ3n) is 8.24. The van der Waals surface area contributed by atoms with Crippen molar-refractivity contribution < 1.29 is 19.8 Å². The summed E-state index contributed by atoms with van der Waals surface area (Å²) in [6, 6.07) is 9.98. The highest BCUT2D eigenvalue weighted by Crippen LogP contribution is 2.38. The zero-order valence-electron chi connectivity index (χ0n) is 24.2. The molecule has 0 aromatic carbocycles. The molecule has 0 spiro atoms. The first-order chi connectivity index (χ1) is 19.6. The molecule has 212 valence electrons. The van der Waals surface area contributed by atoms with Gasteiger partial charge in [0.05, 0.1) is 33.8 Å². The van der Waals surface area contributed by atoms with E-state index in [-0.39, 0.29) is 12.8 Å². The molecule has 5 rings (SSSR count). The van der Waals surface area contributed by atoms with E-state index < -0.39 is 11.9 Å². The molecule has 41 heavy (non-hydrogen) atoms. The molecular formula is C33H36N4O4. The molecule has 8 nitrogen and oxygen atoms in total. The summed E-state index contributed by atoms with van der Waals surface area (Å²) in [5.41, 5.74) is 14.2. The number of allylic oxidation sites excluding steroid dienone is 4. The van der Waals surface area contributed by atoms with Crippen LogP contribution in [0.3, 0.4) is 0 Å². The maximum Gasteiger partial charge on any atom is 0.303 e. The summed E-state index contributed by atoms with van der Waals surface area (Å²) >= 11 is 0. The van der Waals surface area contributed by atoms with Gasteiger partial charge in [-0.2, -0.15) is 0 Å². The summed E-state index contributed by atoms with van der Waals surface area (Å²) in [5.74, 6) is -1.75. The smallest absolute Gasteiger partial charge is 0.303 e. The van der Waals surface area contributed by atoms with Gasteiger partial charge in [-0.05, 0) is 116 Å². The number of nitrogens with one attached hydrogen (secondary N) is 2. The lowest BCUT2D eigenvalue weighted by atomic mass is 9.99. The monoisotopic (exact) mass is 552 g/mol. The highest BCUT2D eigenvalue weighted by Gasteiger charge is 2.22. The fourth-order valence-electron chi connectivity index (χ4n) is 6.03. The van der Waals surface area contributed by atoms with Gasteiger partial charge in [0.2, 0.25) is 0 Å². The van der Waals surface area contributed by atoms with E-state index in [1.165, 1.54) is 16.7 Å². The van der Waals surface area contributed by atoms with Gasteiger partial charge in [0.1, 0.15) is 0 Å². The lowest BCUT2D eigenvalue weighted by Crippen LogP contribution is -1.98. The summed E-state index contributed by atoms with van der Waals surface area (Å²) < 4.78 is 0. The molecule has 5 heterocycles. The third-order valence-corrected chi connectivity index (χ3v) is 8.24. The molecule has 0 aliphatic carbocycles. The first-order valence-electron chi connectivity index (χ1n) is 14.2. The zero-order valence-corrected chi connectivity index (χ0v) is 24.2. The average molecular weight is 553 g/mol. The number of carboxylic acids is 2. The van der Waals surface area contributed by atoms with E-state index >= 15 is 0 Å². The Morgan fingerprint density at radius 2 is 1.44 bits per heavy atom. The Kier molecular flexibility index (Phi) is 7.67. The number of hydrogen-bond acceptors (Lipinski definition) is 4. The zero-order chi connectivity index (χ0) is 29.4. The van der Waals surface area contributed by atoms with Crippen LogP contribution in [-0.2, 0) is 22.4 Å². The van der Waals surface area contributed by atoms with Crippen LogP contribution in [-0.4, -0.2) is 42.1 Å². The van der Waals surface area contributed by atoms with Crippen molar-refractivity contribution in [2.45, 2.75) is 73.1 Å². The van der Waals surface area contributed by atoms with Gasteiger partial charge in [-0.15, -0.1) is 0 Å². The Hall–Kier alpha value is -4.46. The molecule has 0 fully saturated rings. The normalized spacial score (nSPS) is 13.3. The Morgan fingerprint density at radius 1 is 0.756 bits per heavy atom. The number of aryl methyl sites for hydroxylation is 3. The van der Waals surface area contributed by atoms with Crippen LogP contribution in [0.25, 0.3) is 44.4 Å². The van der Waals surface area contributed by atoms with E-state index in [1.807, 2.05) is 37.3 Å². The van der Waals surface area contributed by atoms with Gasteiger partial charge < -0.3 is 20.2 Å². The summed E-state index contributed by atoms with van der Waals surface area (Å²) in [4.78, 5) is 40.2. The SMILES string of the molecule is CCC1=C(C)c2nc1ccc1cc(CCC(=O)O)c([nH]1)c1nc(ccc3[nH]c2c(C)c3CC)C(C)=C1CCC(=O)O. The number of rotatable bonds is 8. The summed E-state index contributed by atoms with van der Waals surface area (Å²) in [6.45, 7) is 10.5. The number of fused-ring (bicyclic) bond motifs is 10. The molecule has 2 aliphatic rings. The van der Waals surface area contributed by atoms with E-state index in [0.717, 1.165) is 74.3 Å². The number of H-pyrrole nitrogens is 2. The molecular weight excluding hydrogens is 516 g/mol. The fourth-order valence-corrected chi connectivity index (χ4v) is 6.03. The number of carboxylic acid groups (broad SMARTS) is 2. The lowest BCUT2D eigenvalue weighted by molar-refractivity contribution is -0.137. The molecule has 0 unspecified atom stereocenters. The van der Waals surface area contributed by atoms with Crippen molar-refractivity contribution >= 4 is 56.3 Å². The minimum Gasteiger partial charge on any atom is -0.481 e. The Bertz CT molecular complexity index is 1800. The maximum absolute atomic E-state index is 11.5. The molecule has 3 aromatic heterocycles. The number of carbonyl (C=O) groups is 2. The van der Waals surface area contributed by atoms with Crippen LogP contribution in [0.15, 0.2) is 30.3 Å². The molecule has 8 bridgehead atoms. The van der Waals surface area contributed by atoms with Gasteiger partial charge in [0, 0.05) is 23.9 Å². The standard InChI is InChI=1S/C33H36N4O4/c1-6-22-18(4)30-31-19(5)23(7-2)27(37-31)13-12-25-17(3)24(10-15-29(40)41)33(35-25)32-20(8-14-28(38)39)16-21(34-32)9-11-26(22)36-30/h9,11-13,16,34,37H,6-8,10,14-15H2,1-5H3,(H,38,39)(H,40,41). The number of aliphatic carboxylic acids is 2. The second-order valence-corrected chi connectivity index (χ2v) is 10.7. The number of nitrogens with zero attached hydrogens (tertiary/aromatic N) is 2. The molecule has 2 aliphatic heterocycles. The fraction of sp³-hybridized carbons (Fsp3) is 0.333. The topological polar surface area (TPSA) is 132 Å². The molecule has 8 heteroatoms. The van der Waals surface area contributed by atoms with Crippen molar-refractivity contribution in [3.63, 3.8) is 0 Å². The van der Waals surface area contributed by atoms with E-state index in [4.69, 9.17) is 9.97 Å². The minimum atomic E-state index is -0.877. The summed E-state index contributed by atoms with van der Waals surface area (Å²) in [5, 5.41) is 18.9. The second kappa shape index (κ2) is 11.2. The quantitative estimate of drug-likeness (QED) is 0.231. The molecule has 0 saturated heterocycles. The van der Waals surface area contributed by atoms with Crippen LogP contribution in [0.4, 0.5) is 0 Å². The highest BCUT2D eigenvalue weighted by molar-refractivity contribution is 5.98. The van der Waals surface area contributed by atoms with Crippen molar-refractivity contribution in [2.75, 3.05) is 0 Å². The average Bonchev–Trinajstić information content (AvgIpc) is 3.65. The Morgan fingerprint density at radius 3 is 2.12 bits per heavy atom. The van der Waals surface area contributed by atoms with Gasteiger partial charge in [-0.1, -0.05) is 13.8 Å². The minimum absolute atomic E-state index is 0.0219. The second-order valence-electron chi connectivity index (χ2n) is 10.7. The van der Waals surface area contributed by atoms with Crippen molar-refractivity contribution in [2.24, 2.45) is 0 Å². The van der Waals surface area contributed by atoms with Crippen LogP contribution in [0, 0.1) is 6.92 Å². The highest BCUT2D eigenvalue weighted by atomic mass is 16.4. The largest absolute Gasteiger partial charge is 0.481 e. The predicted octanol–water partition coefficient (Wildman–Crippen LogP) is 7.34. The van der Waals surface area contributed by atoms with Gasteiger partial charge in [-0.25, -0.2) is 9.97 Å². The third kappa shape index (κ3) is 5.22. The van der Waals surface area contributed by atoms with Gasteiger partial charge >= 0.3 is 11.9 Å². The van der Waals surface area contributed by atoms with Crippen LogP contribution in [0.2, 0.25) is 0 Å². The van der Waals surface area contributed by atoms with E-state index in [0.29, 0.717) is 18.5 Å². The van der Waals surface area contributed by atoms with Crippen LogP contribution < -0.4 is 0 Å². The Labute approximate surface area is 238 Å². The van der Waals surface area contributed by atoms with Gasteiger partial charge in [0.25, 0.3) is 0 Å². The number of aromatic nitrogens is 4. The number of hydrogen-bond donors (Lipinski definition) is 4. The summed E-state index contributed by atoms with van der Waals surface area (Å²) in [6.07, 6.45) is 2.31. The van der Waals surface area contributed by atoms with E-state index in [9.17, 15) is 19.8 Å². The molecule has 0 amide bonds. The Balaban J connectivity index is 1.90. The van der Waals surface area contributed by atoms with Crippen LogP contribution in [0.1, 0.15) is 92.8 Å². The van der Waals surface area contributed by atoms with Gasteiger partial charge in [-0.3, -0.25) is 9.59 Å². The molecule has 0 saturated carbocycles. The molecule has 4 N–H and O–H groups in total. The van der Waals surface area contributed by atoms with Crippen molar-refractivity contribution in [1.82, 2.24) is 19.9 Å². The maximum atomic E-state index is 11.5. The summed E-state index contributed by atoms with van der Waals surface area (Å²) in [7, 11) is 0. The van der Waals surface area contributed by atoms with Crippen molar-refractivity contribution in [3.05, 3.63) is 69.8 Å². The first kappa shape index (κ1) is 28.1. The lowest BCUT2D eigenvalue weighted by Gasteiger charge is -2.04. The van der Waals surface area contributed by atoms with Crippen LogP contribution >= 0.6 is 0 Å². The molecule has 3 aromatic rings. The number of aromatic amines is 2. The first-order valence-corrected chi connectivity index (χ1v) is 14.2. The predicted molar refractivity (Wildman–Crippen MR) is 163 cm³/mol. The van der Waals surface area contributed by atoms with Crippen LogP contribution in [0.5, 0.6) is 0 Å². The molecule has 0 atom stereocenters. The van der Waals surface area contributed by atoms with Crippen molar-refractivity contribution in [1.29, 1.82) is 0 Å². The van der Waals surface area contributed by atoms with Gasteiger partial charge in [0.15, 0.2) is 0 Å². The van der Waals surface area contributed by atoms with E-state index in [2.05, 4.69) is 37.7 Å². The molecule has 0 radical (unpaired) electrons. The van der Waals surface area contributed by atoms with Crippen molar-refractivity contribution in [3.8, 4) is 0 Å². The van der Waals surface area contributed by atoms with E-state index in [1.54, 1.807) is 0 Å².